The Balaban J connectivity index is 2.73. The number of hydrogen-bond acceptors (Lipinski definition) is 2. The van der Waals surface area contributed by atoms with Crippen LogP contribution in [0.2, 0.25) is 0 Å². The highest BCUT2D eigenvalue weighted by Crippen LogP contribution is 2.53. The zero-order valence-electron chi connectivity index (χ0n) is 10.7. The Labute approximate surface area is 99.4 Å². The predicted octanol–water partition coefficient (Wildman–Crippen LogP) is 3.87. The molecular formula is C12H24NO2P. The van der Waals surface area contributed by atoms with Crippen molar-refractivity contribution in [3.05, 3.63) is 11.9 Å². The van der Waals surface area contributed by atoms with E-state index < -0.39 is 7.52 Å². The molecule has 1 aliphatic heterocycles. The quantitative estimate of drug-likeness (QED) is 0.688. The van der Waals surface area contributed by atoms with Gasteiger partial charge in [0.15, 0.2) is 0 Å². The van der Waals surface area contributed by atoms with Crippen molar-refractivity contribution in [2.45, 2.75) is 40.0 Å². The normalized spacial score (nSPS) is 22.8. The molecule has 3 nitrogen and oxygen atoms in total. The molecule has 0 aliphatic carbocycles. The van der Waals surface area contributed by atoms with Crippen molar-refractivity contribution in [2.24, 2.45) is 5.92 Å². The van der Waals surface area contributed by atoms with E-state index >= 15 is 0 Å². The van der Waals surface area contributed by atoms with Crippen molar-refractivity contribution >= 4 is 7.52 Å². The average Bonchev–Trinajstić information content (AvgIpc) is 2.28. The largest absolute Gasteiger partial charge is 0.315 e. The van der Waals surface area contributed by atoms with Crippen LogP contribution in [0.4, 0.5) is 0 Å². The van der Waals surface area contributed by atoms with Crippen LogP contribution in [0.25, 0.3) is 0 Å². The van der Waals surface area contributed by atoms with Gasteiger partial charge >= 0.3 is 0 Å². The lowest BCUT2D eigenvalue weighted by atomic mass is 10.2. The first kappa shape index (κ1) is 14.0. The third-order valence-corrected chi connectivity index (χ3v) is 5.07. The van der Waals surface area contributed by atoms with Crippen molar-refractivity contribution in [1.29, 1.82) is 0 Å². The van der Waals surface area contributed by atoms with Crippen LogP contribution in [0.5, 0.6) is 0 Å². The lowest BCUT2D eigenvalue weighted by molar-refractivity contribution is 0.258. The van der Waals surface area contributed by atoms with Crippen LogP contribution in [0, 0.1) is 5.92 Å². The molecule has 0 amide bonds. The van der Waals surface area contributed by atoms with E-state index in [1.807, 2.05) is 17.7 Å². The predicted molar refractivity (Wildman–Crippen MR) is 68.6 cm³/mol. The van der Waals surface area contributed by atoms with E-state index in [-0.39, 0.29) is 0 Å². The molecule has 1 saturated heterocycles. The molecule has 0 aromatic heterocycles. The van der Waals surface area contributed by atoms with Gasteiger partial charge in [0.2, 0.25) is 0 Å². The Morgan fingerprint density at radius 2 is 1.94 bits per heavy atom. The second-order valence-electron chi connectivity index (χ2n) is 4.58. The number of allylic oxidation sites excluding steroid dienone is 1. The van der Waals surface area contributed by atoms with E-state index in [2.05, 4.69) is 13.8 Å². The molecule has 0 N–H and O–H groups in total. The zero-order chi connectivity index (χ0) is 12.0. The van der Waals surface area contributed by atoms with Gasteiger partial charge in [0, 0.05) is 18.9 Å². The molecule has 0 bridgehead atoms. The minimum atomic E-state index is -2.70. The molecule has 16 heavy (non-hydrogen) atoms. The van der Waals surface area contributed by atoms with Crippen molar-refractivity contribution in [3.63, 3.8) is 0 Å². The summed E-state index contributed by atoms with van der Waals surface area (Å²) in [6, 6.07) is 0. The van der Waals surface area contributed by atoms with Crippen LogP contribution in [0.1, 0.15) is 40.0 Å². The lowest BCUT2D eigenvalue weighted by Gasteiger charge is -2.31. The van der Waals surface area contributed by atoms with E-state index in [4.69, 9.17) is 4.52 Å². The van der Waals surface area contributed by atoms with Crippen LogP contribution >= 0.6 is 7.52 Å². The highest BCUT2D eigenvalue weighted by molar-refractivity contribution is 7.59. The summed E-state index contributed by atoms with van der Waals surface area (Å²) in [6.07, 6.45) is 5.50. The molecule has 94 valence electrons. The molecule has 0 aromatic rings. The van der Waals surface area contributed by atoms with Gasteiger partial charge in [-0.2, -0.15) is 0 Å². The topological polar surface area (TPSA) is 29.5 Å². The fourth-order valence-corrected chi connectivity index (χ4v) is 4.05. The third-order valence-electron chi connectivity index (χ3n) is 2.70. The zero-order valence-corrected chi connectivity index (χ0v) is 11.6. The fourth-order valence-electron chi connectivity index (χ4n) is 1.84. The molecule has 0 radical (unpaired) electrons. The Morgan fingerprint density at radius 1 is 1.31 bits per heavy atom. The summed E-state index contributed by atoms with van der Waals surface area (Å²) in [5, 5.41) is 0. The Hall–Kier alpha value is -0.110. The van der Waals surface area contributed by atoms with Gasteiger partial charge in [-0.25, -0.2) is 4.67 Å². The first-order valence-electron chi connectivity index (χ1n) is 6.27. The van der Waals surface area contributed by atoms with Gasteiger partial charge in [-0.05, 0) is 25.7 Å². The maximum atomic E-state index is 12.7. The van der Waals surface area contributed by atoms with Gasteiger partial charge in [0.05, 0.1) is 6.61 Å². The van der Waals surface area contributed by atoms with Gasteiger partial charge in [-0.3, -0.25) is 4.57 Å². The van der Waals surface area contributed by atoms with Gasteiger partial charge in [0.25, 0.3) is 7.52 Å². The standard InChI is InChI=1S/C12H24NO2P/c1-4-15-16(14,11-8-12(2)3)13-9-6-5-7-10-13/h8,11-12H,4-7,9-10H2,1-3H3/b11-8+. The summed E-state index contributed by atoms with van der Waals surface area (Å²) in [4.78, 5) is 0. The van der Waals surface area contributed by atoms with Crippen molar-refractivity contribution in [2.75, 3.05) is 19.7 Å². The molecule has 1 fully saturated rings. The van der Waals surface area contributed by atoms with E-state index in [1.165, 1.54) is 6.42 Å². The van der Waals surface area contributed by atoms with Gasteiger partial charge in [-0.1, -0.05) is 26.3 Å². The maximum absolute atomic E-state index is 12.7. The van der Waals surface area contributed by atoms with Gasteiger partial charge in [0.1, 0.15) is 0 Å². The third kappa shape index (κ3) is 4.04. The number of nitrogens with zero attached hydrogens (tertiary/aromatic N) is 1. The summed E-state index contributed by atoms with van der Waals surface area (Å²) in [5.74, 6) is 2.21. The van der Waals surface area contributed by atoms with Crippen molar-refractivity contribution < 1.29 is 9.09 Å². The summed E-state index contributed by atoms with van der Waals surface area (Å²) < 4.78 is 20.2. The van der Waals surface area contributed by atoms with Crippen LogP contribution in [-0.2, 0) is 9.09 Å². The molecule has 1 unspecified atom stereocenters. The molecule has 0 aromatic carbocycles. The fraction of sp³-hybridized carbons (Fsp3) is 0.833. The molecular weight excluding hydrogens is 221 g/mol. The molecule has 1 rings (SSSR count). The van der Waals surface area contributed by atoms with Gasteiger partial charge < -0.3 is 4.52 Å². The van der Waals surface area contributed by atoms with E-state index in [0.29, 0.717) is 12.5 Å². The monoisotopic (exact) mass is 245 g/mol. The molecule has 0 saturated carbocycles. The summed E-state index contributed by atoms with van der Waals surface area (Å²) >= 11 is 0. The molecule has 4 heteroatoms. The van der Waals surface area contributed by atoms with E-state index in [1.54, 1.807) is 5.82 Å². The Kier molecular flexibility index (Phi) is 5.74. The first-order chi connectivity index (χ1) is 7.58. The van der Waals surface area contributed by atoms with Crippen LogP contribution in [-0.4, -0.2) is 24.4 Å². The minimum Gasteiger partial charge on any atom is -0.315 e. The maximum Gasteiger partial charge on any atom is 0.294 e. The number of hydrogen-bond donors (Lipinski definition) is 0. The second-order valence-corrected chi connectivity index (χ2v) is 6.83. The molecule has 1 heterocycles. The minimum absolute atomic E-state index is 0.415. The summed E-state index contributed by atoms with van der Waals surface area (Å²) in [6.45, 7) is 8.39. The first-order valence-corrected chi connectivity index (χ1v) is 7.92. The summed E-state index contributed by atoms with van der Waals surface area (Å²) in [7, 11) is -2.70. The summed E-state index contributed by atoms with van der Waals surface area (Å²) in [5.41, 5.74) is 0. The second kappa shape index (κ2) is 6.58. The van der Waals surface area contributed by atoms with Crippen LogP contribution in [0.15, 0.2) is 11.9 Å². The molecule has 1 aliphatic rings. The van der Waals surface area contributed by atoms with E-state index in [0.717, 1.165) is 25.9 Å². The smallest absolute Gasteiger partial charge is 0.294 e. The number of rotatable bonds is 5. The van der Waals surface area contributed by atoms with Crippen LogP contribution < -0.4 is 0 Å². The SMILES string of the molecule is CCOP(=O)(/C=C/C(C)C)N1CCCCC1. The van der Waals surface area contributed by atoms with Crippen LogP contribution in [0.3, 0.4) is 0 Å². The van der Waals surface area contributed by atoms with E-state index in [9.17, 15) is 4.57 Å². The number of piperidine rings is 1. The highest BCUT2D eigenvalue weighted by Gasteiger charge is 2.29. The molecule has 0 spiro atoms. The van der Waals surface area contributed by atoms with Gasteiger partial charge in [-0.15, -0.1) is 0 Å². The molecule has 1 atom stereocenters. The lowest BCUT2D eigenvalue weighted by Crippen LogP contribution is -2.27. The van der Waals surface area contributed by atoms with Crippen molar-refractivity contribution in [1.82, 2.24) is 4.67 Å². The highest BCUT2D eigenvalue weighted by atomic mass is 31.2. The van der Waals surface area contributed by atoms with Crippen molar-refractivity contribution in [3.8, 4) is 0 Å². The average molecular weight is 245 g/mol. The Bertz CT molecular complexity index is 270. The Morgan fingerprint density at radius 3 is 2.44 bits per heavy atom.